The maximum atomic E-state index is 11.9. The highest BCUT2D eigenvalue weighted by Gasteiger charge is 2.67. The van der Waals surface area contributed by atoms with E-state index in [0.717, 1.165) is 12.8 Å². The minimum atomic E-state index is -0.305. The number of aldehydes is 1. The van der Waals surface area contributed by atoms with Crippen LogP contribution in [0.5, 0.6) is 0 Å². The van der Waals surface area contributed by atoms with Gasteiger partial charge in [-0.3, -0.25) is 0 Å². The van der Waals surface area contributed by atoms with Gasteiger partial charge in [-0.15, -0.1) is 0 Å². The second-order valence-electron chi connectivity index (χ2n) is 10.1. The fourth-order valence-electron chi connectivity index (χ4n) is 8.28. The molecule has 1 spiro atoms. The van der Waals surface area contributed by atoms with Gasteiger partial charge in [0.05, 0.1) is 12.2 Å². The molecule has 136 valence electrons. The van der Waals surface area contributed by atoms with Gasteiger partial charge >= 0.3 is 0 Å². The summed E-state index contributed by atoms with van der Waals surface area (Å²) in [6.45, 7) is 4.87. The van der Waals surface area contributed by atoms with Crippen LogP contribution in [0, 0.1) is 34.0 Å². The van der Waals surface area contributed by atoms with E-state index in [4.69, 9.17) is 4.74 Å². The van der Waals surface area contributed by atoms with Crippen LogP contribution < -0.4 is 0 Å². The molecule has 1 N–H and O–H groups in total. The van der Waals surface area contributed by atoms with Crippen molar-refractivity contribution in [2.24, 2.45) is 34.0 Å². The number of aliphatic hydroxyl groups excluding tert-OH is 1. The summed E-state index contributed by atoms with van der Waals surface area (Å²) >= 11 is 0. The van der Waals surface area contributed by atoms with Crippen molar-refractivity contribution in [3.63, 3.8) is 0 Å². The summed E-state index contributed by atoms with van der Waals surface area (Å²) in [5.74, 6) is 1.75. The molecule has 7 unspecified atom stereocenters. The van der Waals surface area contributed by atoms with Crippen LogP contribution >= 0.6 is 0 Å². The smallest absolute Gasteiger partial charge is 0.126 e. The topological polar surface area (TPSA) is 46.5 Å². The monoisotopic (exact) mass is 334 g/mol. The number of rotatable bonds is 3. The van der Waals surface area contributed by atoms with E-state index in [9.17, 15) is 9.90 Å². The number of hydrogen-bond acceptors (Lipinski definition) is 3. The van der Waals surface area contributed by atoms with Crippen LogP contribution in [-0.4, -0.2) is 30.7 Å². The summed E-state index contributed by atoms with van der Waals surface area (Å²) in [5, 5.41) is 10.1. The average molecular weight is 335 g/mol. The first-order valence-corrected chi connectivity index (χ1v) is 10.0. The summed E-state index contributed by atoms with van der Waals surface area (Å²) in [4.78, 5) is 11.9. The van der Waals surface area contributed by atoms with Gasteiger partial charge in [0.15, 0.2) is 0 Å². The van der Waals surface area contributed by atoms with E-state index in [0.29, 0.717) is 23.2 Å². The van der Waals surface area contributed by atoms with Crippen molar-refractivity contribution in [3.8, 4) is 0 Å². The molecule has 3 nitrogen and oxygen atoms in total. The Hall–Kier alpha value is -0.410. The van der Waals surface area contributed by atoms with Gasteiger partial charge in [-0.2, -0.15) is 0 Å². The molecule has 4 aliphatic carbocycles. The van der Waals surface area contributed by atoms with Gasteiger partial charge in [0.2, 0.25) is 0 Å². The van der Waals surface area contributed by atoms with Crippen LogP contribution in [0.3, 0.4) is 0 Å². The molecule has 0 amide bonds. The normalized spacial score (nSPS) is 56.4. The molecule has 0 aromatic heterocycles. The van der Waals surface area contributed by atoms with Crippen molar-refractivity contribution >= 4 is 6.29 Å². The number of methoxy groups -OCH3 is 1. The minimum absolute atomic E-state index is 0.126. The third-order valence-electron chi connectivity index (χ3n) is 9.28. The first-order valence-electron chi connectivity index (χ1n) is 10.0. The Bertz CT molecular complexity index is 527. The van der Waals surface area contributed by atoms with Crippen molar-refractivity contribution in [1.82, 2.24) is 0 Å². The largest absolute Gasteiger partial charge is 0.393 e. The Labute approximate surface area is 146 Å². The van der Waals surface area contributed by atoms with Crippen molar-refractivity contribution in [2.45, 2.75) is 77.2 Å². The predicted octanol–water partition coefficient (Wildman–Crippen LogP) is 3.98. The number of hydrogen-bond donors (Lipinski definition) is 1. The van der Waals surface area contributed by atoms with Crippen LogP contribution in [-0.2, 0) is 9.53 Å². The van der Waals surface area contributed by atoms with E-state index in [1.165, 1.54) is 51.2 Å². The molecule has 0 aromatic carbocycles. The number of carbonyl (C=O) groups is 1. The molecule has 4 fully saturated rings. The van der Waals surface area contributed by atoms with Gasteiger partial charge in [-0.05, 0) is 80.0 Å². The van der Waals surface area contributed by atoms with Gasteiger partial charge in [0.25, 0.3) is 0 Å². The van der Waals surface area contributed by atoms with Crippen molar-refractivity contribution in [2.75, 3.05) is 13.7 Å². The lowest BCUT2D eigenvalue weighted by atomic mass is 9.41. The lowest BCUT2D eigenvalue weighted by molar-refractivity contribution is -0.157. The zero-order chi connectivity index (χ0) is 17.2. The molecule has 2 bridgehead atoms. The molecular formula is C21H34O3. The lowest BCUT2D eigenvalue weighted by Gasteiger charge is -2.63. The van der Waals surface area contributed by atoms with Crippen LogP contribution in [0.2, 0.25) is 0 Å². The third kappa shape index (κ3) is 1.95. The molecule has 4 aliphatic rings. The van der Waals surface area contributed by atoms with Crippen LogP contribution in [0.25, 0.3) is 0 Å². The van der Waals surface area contributed by atoms with Crippen LogP contribution in [0.15, 0.2) is 0 Å². The number of fused-ring (bicyclic) bond motifs is 3. The molecule has 0 aliphatic heterocycles. The van der Waals surface area contributed by atoms with Crippen molar-refractivity contribution in [1.29, 1.82) is 0 Å². The fraction of sp³-hybridized carbons (Fsp3) is 0.952. The predicted molar refractivity (Wildman–Crippen MR) is 93.6 cm³/mol. The summed E-state index contributed by atoms with van der Waals surface area (Å²) in [5.41, 5.74) is 0.199. The molecule has 4 saturated carbocycles. The SMILES string of the molecule is COC1(CO)CC23CCC4C(C)(C=O)CCCC4(C)C2CCC1C3. The summed E-state index contributed by atoms with van der Waals surface area (Å²) in [7, 11) is 1.79. The average Bonchev–Trinajstić information content (AvgIpc) is 2.82. The van der Waals surface area contributed by atoms with E-state index in [-0.39, 0.29) is 23.0 Å². The first-order chi connectivity index (χ1) is 11.4. The number of carbonyl (C=O) groups excluding carboxylic acids is 1. The Kier molecular flexibility index (Phi) is 3.76. The highest BCUT2D eigenvalue weighted by atomic mass is 16.5. The molecule has 0 aromatic rings. The van der Waals surface area contributed by atoms with E-state index in [1.54, 1.807) is 7.11 Å². The molecule has 4 rings (SSSR count). The van der Waals surface area contributed by atoms with E-state index in [2.05, 4.69) is 13.8 Å². The molecule has 0 radical (unpaired) electrons. The van der Waals surface area contributed by atoms with Gasteiger partial charge < -0.3 is 14.6 Å². The highest BCUT2D eigenvalue weighted by molar-refractivity contribution is 5.60. The van der Waals surface area contributed by atoms with E-state index >= 15 is 0 Å². The fourth-order valence-corrected chi connectivity index (χ4v) is 8.28. The third-order valence-corrected chi connectivity index (χ3v) is 9.28. The maximum Gasteiger partial charge on any atom is 0.126 e. The number of ether oxygens (including phenoxy) is 1. The summed E-state index contributed by atoms with van der Waals surface area (Å²) in [6, 6.07) is 0. The first kappa shape index (κ1) is 17.0. The van der Waals surface area contributed by atoms with Crippen molar-refractivity contribution in [3.05, 3.63) is 0 Å². The molecular weight excluding hydrogens is 300 g/mol. The second kappa shape index (κ2) is 5.30. The highest BCUT2D eigenvalue weighted by Crippen LogP contribution is 2.73. The Morgan fingerprint density at radius 2 is 1.92 bits per heavy atom. The molecule has 3 heteroatoms. The van der Waals surface area contributed by atoms with Crippen LogP contribution in [0.1, 0.15) is 71.6 Å². The Morgan fingerprint density at radius 1 is 1.12 bits per heavy atom. The Morgan fingerprint density at radius 3 is 2.58 bits per heavy atom. The van der Waals surface area contributed by atoms with Gasteiger partial charge in [0.1, 0.15) is 6.29 Å². The standard InChI is InChI=1S/C21H34O3/c1-18(13-22)8-4-9-19(2)16(18)7-10-20-11-15(5-6-17(19)20)21(12-20,14-23)24-3/h13,15-17,23H,4-12,14H2,1-3H3. The quantitative estimate of drug-likeness (QED) is 0.794. The molecule has 0 heterocycles. The minimum Gasteiger partial charge on any atom is -0.393 e. The van der Waals surface area contributed by atoms with E-state index in [1.807, 2.05) is 0 Å². The van der Waals surface area contributed by atoms with E-state index < -0.39 is 0 Å². The molecule has 24 heavy (non-hydrogen) atoms. The van der Waals surface area contributed by atoms with Crippen LogP contribution in [0.4, 0.5) is 0 Å². The van der Waals surface area contributed by atoms with Gasteiger partial charge in [-0.25, -0.2) is 0 Å². The van der Waals surface area contributed by atoms with Gasteiger partial charge in [0, 0.05) is 12.5 Å². The summed E-state index contributed by atoms with van der Waals surface area (Å²) in [6.07, 6.45) is 11.9. The Balaban J connectivity index is 1.72. The zero-order valence-electron chi connectivity index (χ0n) is 15.6. The number of aliphatic hydroxyl groups is 1. The molecule has 7 atom stereocenters. The lowest BCUT2D eigenvalue weighted by Crippen LogP contribution is -2.56. The zero-order valence-corrected chi connectivity index (χ0v) is 15.6. The van der Waals surface area contributed by atoms with Crippen molar-refractivity contribution < 1.29 is 14.6 Å². The second-order valence-corrected chi connectivity index (χ2v) is 10.1. The maximum absolute atomic E-state index is 11.9. The molecule has 0 saturated heterocycles. The van der Waals surface area contributed by atoms with Gasteiger partial charge in [-0.1, -0.05) is 20.3 Å². The summed E-state index contributed by atoms with van der Waals surface area (Å²) < 4.78 is 5.93.